The fourth-order valence-electron chi connectivity index (χ4n) is 3.08. The van der Waals surface area contributed by atoms with E-state index >= 15 is 0 Å². The average molecular weight is 386 g/mol. The molecule has 4 rings (SSSR count). The van der Waals surface area contributed by atoms with E-state index in [1.807, 2.05) is 24.3 Å². The van der Waals surface area contributed by atoms with Crippen LogP contribution in [0.25, 0.3) is 10.9 Å². The van der Waals surface area contributed by atoms with Crippen LogP contribution in [0.3, 0.4) is 0 Å². The quantitative estimate of drug-likeness (QED) is 0.689. The smallest absolute Gasteiger partial charge is 0.258 e. The standard InChI is InChI=1S/C20H17ClFN3O2/c21-19-17(10-13-4-5-14(22)11-18(13)24-19)20(26)23-15-2-1-3-16(12-15)25-6-8-27-9-7-25/h1-5,10-12H,6-9H2,(H,23,26). The maximum atomic E-state index is 13.3. The van der Waals surface area contributed by atoms with Gasteiger partial charge >= 0.3 is 0 Å². The van der Waals surface area contributed by atoms with Gasteiger partial charge in [0.2, 0.25) is 0 Å². The zero-order chi connectivity index (χ0) is 18.8. The van der Waals surface area contributed by atoms with E-state index in [0.29, 0.717) is 29.8 Å². The number of halogens is 2. The highest BCUT2D eigenvalue weighted by Gasteiger charge is 2.15. The molecule has 0 radical (unpaired) electrons. The van der Waals surface area contributed by atoms with Crippen LogP contribution in [0.1, 0.15) is 10.4 Å². The van der Waals surface area contributed by atoms with E-state index < -0.39 is 5.82 Å². The summed E-state index contributed by atoms with van der Waals surface area (Å²) in [5, 5.41) is 3.54. The molecular formula is C20H17ClFN3O2. The van der Waals surface area contributed by atoms with Crippen LogP contribution in [0.2, 0.25) is 5.15 Å². The maximum absolute atomic E-state index is 13.3. The van der Waals surface area contributed by atoms with Gasteiger partial charge in [0.25, 0.3) is 5.91 Å². The highest BCUT2D eigenvalue weighted by Crippen LogP contribution is 2.24. The molecule has 1 N–H and O–H groups in total. The van der Waals surface area contributed by atoms with Crippen molar-refractivity contribution in [2.45, 2.75) is 0 Å². The number of morpholine rings is 1. The molecule has 0 aliphatic carbocycles. The molecular weight excluding hydrogens is 369 g/mol. The summed E-state index contributed by atoms with van der Waals surface area (Å²) < 4.78 is 18.7. The van der Waals surface area contributed by atoms with E-state index in [2.05, 4.69) is 15.2 Å². The lowest BCUT2D eigenvalue weighted by Crippen LogP contribution is -2.36. The van der Waals surface area contributed by atoms with E-state index in [0.717, 1.165) is 18.8 Å². The van der Waals surface area contributed by atoms with Crippen molar-refractivity contribution >= 4 is 39.8 Å². The van der Waals surface area contributed by atoms with E-state index in [4.69, 9.17) is 16.3 Å². The fraction of sp³-hybridized carbons (Fsp3) is 0.200. The number of carbonyl (C=O) groups is 1. The predicted octanol–water partition coefficient (Wildman–Crippen LogP) is 4.12. The van der Waals surface area contributed by atoms with Gasteiger partial charge in [0.15, 0.2) is 0 Å². The molecule has 1 aliphatic heterocycles. The monoisotopic (exact) mass is 385 g/mol. The van der Waals surface area contributed by atoms with E-state index in [-0.39, 0.29) is 16.6 Å². The lowest BCUT2D eigenvalue weighted by Gasteiger charge is -2.29. The molecule has 0 spiro atoms. The summed E-state index contributed by atoms with van der Waals surface area (Å²) in [7, 11) is 0. The van der Waals surface area contributed by atoms with Crippen molar-refractivity contribution in [2.75, 3.05) is 36.5 Å². The van der Waals surface area contributed by atoms with Crippen LogP contribution in [0.5, 0.6) is 0 Å². The Hall–Kier alpha value is -2.70. The minimum absolute atomic E-state index is 0.0370. The van der Waals surface area contributed by atoms with Gasteiger partial charge in [-0.05, 0) is 36.4 Å². The first-order chi connectivity index (χ1) is 13.1. The number of hydrogen-bond donors (Lipinski definition) is 1. The van der Waals surface area contributed by atoms with Crippen LogP contribution in [0.4, 0.5) is 15.8 Å². The maximum Gasteiger partial charge on any atom is 0.258 e. The van der Waals surface area contributed by atoms with Gasteiger partial charge in [0.05, 0.1) is 24.3 Å². The number of hydrogen-bond acceptors (Lipinski definition) is 4. The Morgan fingerprint density at radius 3 is 2.78 bits per heavy atom. The second-order valence-corrected chi connectivity index (χ2v) is 6.63. The van der Waals surface area contributed by atoms with Crippen molar-refractivity contribution in [3.63, 3.8) is 0 Å². The van der Waals surface area contributed by atoms with Crippen LogP contribution in [0.15, 0.2) is 48.5 Å². The second kappa shape index (κ2) is 7.50. The fourth-order valence-corrected chi connectivity index (χ4v) is 3.31. The van der Waals surface area contributed by atoms with Gasteiger partial charge in [-0.3, -0.25) is 4.79 Å². The van der Waals surface area contributed by atoms with Crippen molar-refractivity contribution in [3.05, 3.63) is 65.1 Å². The van der Waals surface area contributed by atoms with Crippen molar-refractivity contribution in [3.8, 4) is 0 Å². The first-order valence-corrected chi connectivity index (χ1v) is 8.98. The Balaban J connectivity index is 1.58. The van der Waals surface area contributed by atoms with Crippen LogP contribution < -0.4 is 10.2 Å². The third-order valence-electron chi connectivity index (χ3n) is 4.46. The molecule has 138 valence electrons. The Morgan fingerprint density at radius 1 is 1.15 bits per heavy atom. The van der Waals surface area contributed by atoms with E-state index in [9.17, 15) is 9.18 Å². The van der Waals surface area contributed by atoms with Crippen molar-refractivity contribution in [2.24, 2.45) is 0 Å². The van der Waals surface area contributed by atoms with E-state index in [1.165, 1.54) is 12.1 Å². The highest BCUT2D eigenvalue weighted by atomic mass is 35.5. The number of carbonyl (C=O) groups excluding carboxylic acids is 1. The van der Waals surface area contributed by atoms with Crippen LogP contribution in [-0.4, -0.2) is 37.2 Å². The number of anilines is 2. The molecule has 1 saturated heterocycles. The number of aromatic nitrogens is 1. The third-order valence-corrected chi connectivity index (χ3v) is 4.75. The molecule has 5 nitrogen and oxygen atoms in total. The Labute approximate surface area is 160 Å². The molecule has 2 aromatic carbocycles. The third kappa shape index (κ3) is 3.86. The normalized spacial score (nSPS) is 14.4. The van der Waals surface area contributed by atoms with Gasteiger partial charge in [-0.25, -0.2) is 9.37 Å². The number of pyridine rings is 1. The summed E-state index contributed by atoms with van der Waals surface area (Å²) in [4.78, 5) is 19.0. The molecule has 1 aromatic heterocycles. The molecule has 1 amide bonds. The molecule has 0 saturated carbocycles. The minimum Gasteiger partial charge on any atom is -0.378 e. The molecule has 0 bridgehead atoms. The number of amides is 1. The van der Waals surface area contributed by atoms with Gasteiger partial charge in [-0.15, -0.1) is 0 Å². The largest absolute Gasteiger partial charge is 0.378 e. The van der Waals surface area contributed by atoms with Crippen molar-refractivity contribution in [1.82, 2.24) is 4.98 Å². The lowest BCUT2D eigenvalue weighted by atomic mass is 10.1. The van der Waals surface area contributed by atoms with Crippen molar-refractivity contribution in [1.29, 1.82) is 0 Å². The average Bonchev–Trinajstić information content (AvgIpc) is 2.68. The number of rotatable bonds is 3. The molecule has 3 aromatic rings. The van der Waals surface area contributed by atoms with Crippen molar-refractivity contribution < 1.29 is 13.9 Å². The number of nitrogens with one attached hydrogen (secondary N) is 1. The highest BCUT2D eigenvalue weighted by molar-refractivity contribution is 6.33. The van der Waals surface area contributed by atoms with Gasteiger partial charge < -0.3 is 15.0 Å². The SMILES string of the molecule is O=C(Nc1cccc(N2CCOCC2)c1)c1cc2ccc(F)cc2nc1Cl. The predicted molar refractivity (Wildman–Crippen MR) is 104 cm³/mol. The molecule has 27 heavy (non-hydrogen) atoms. The van der Waals surface area contributed by atoms with Gasteiger partial charge in [-0.1, -0.05) is 17.7 Å². The zero-order valence-corrected chi connectivity index (χ0v) is 15.2. The summed E-state index contributed by atoms with van der Waals surface area (Å²) in [5.74, 6) is -0.763. The number of benzene rings is 2. The van der Waals surface area contributed by atoms with Gasteiger partial charge in [0, 0.05) is 35.9 Å². The first kappa shape index (κ1) is 17.7. The summed E-state index contributed by atoms with van der Waals surface area (Å²) in [5.41, 5.74) is 2.34. The molecule has 0 unspecified atom stereocenters. The summed E-state index contributed by atoms with van der Waals surface area (Å²) >= 11 is 6.15. The molecule has 1 fully saturated rings. The topological polar surface area (TPSA) is 54.5 Å². The molecule has 7 heteroatoms. The zero-order valence-electron chi connectivity index (χ0n) is 14.4. The summed E-state index contributed by atoms with van der Waals surface area (Å²) in [6, 6.07) is 13.4. The summed E-state index contributed by atoms with van der Waals surface area (Å²) in [6.07, 6.45) is 0. The Bertz CT molecular complexity index is 1010. The minimum atomic E-state index is -0.400. The lowest BCUT2D eigenvalue weighted by molar-refractivity contribution is 0.102. The number of ether oxygens (including phenoxy) is 1. The van der Waals surface area contributed by atoms with Gasteiger partial charge in [0.1, 0.15) is 11.0 Å². The van der Waals surface area contributed by atoms with Gasteiger partial charge in [-0.2, -0.15) is 0 Å². The van der Waals surface area contributed by atoms with Crippen LogP contribution >= 0.6 is 11.6 Å². The Morgan fingerprint density at radius 2 is 1.96 bits per heavy atom. The van der Waals surface area contributed by atoms with Crippen LogP contribution in [0, 0.1) is 5.82 Å². The second-order valence-electron chi connectivity index (χ2n) is 6.27. The number of fused-ring (bicyclic) bond motifs is 1. The molecule has 1 aliphatic rings. The first-order valence-electron chi connectivity index (χ1n) is 8.60. The van der Waals surface area contributed by atoms with Crippen LogP contribution in [-0.2, 0) is 4.74 Å². The van der Waals surface area contributed by atoms with E-state index in [1.54, 1.807) is 12.1 Å². The Kier molecular flexibility index (Phi) is 4.92. The summed E-state index contributed by atoms with van der Waals surface area (Å²) in [6.45, 7) is 3.01. The molecule has 0 atom stereocenters. The number of nitrogens with zero attached hydrogens (tertiary/aromatic N) is 2. The molecule has 2 heterocycles.